The Bertz CT molecular complexity index is 497. The SMILES string of the molecule is CCN(Cc1ccccc1C#N)C(=O)CNC(C)(C)C. The molecule has 0 saturated carbocycles. The average Bonchev–Trinajstić information content (AvgIpc) is 2.41. The highest BCUT2D eigenvalue weighted by atomic mass is 16.2. The predicted octanol–water partition coefficient (Wildman–Crippen LogP) is 2.29. The first kappa shape index (κ1) is 16.2. The van der Waals surface area contributed by atoms with E-state index in [0.29, 0.717) is 25.2 Å². The molecule has 4 heteroatoms. The molecule has 0 saturated heterocycles. The number of nitrogens with one attached hydrogen (secondary N) is 1. The van der Waals surface area contributed by atoms with Crippen LogP contribution in [0, 0.1) is 11.3 Å². The van der Waals surface area contributed by atoms with Gasteiger partial charge in [-0.2, -0.15) is 5.26 Å². The second-order valence-corrected chi connectivity index (χ2v) is 5.78. The van der Waals surface area contributed by atoms with Crippen LogP contribution in [0.2, 0.25) is 0 Å². The lowest BCUT2D eigenvalue weighted by Crippen LogP contribution is -2.44. The van der Waals surface area contributed by atoms with Crippen LogP contribution in [-0.4, -0.2) is 29.4 Å². The van der Waals surface area contributed by atoms with Crippen LogP contribution in [0.15, 0.2) is 24.3 Å². The van der Waals surface area contributed by atoms with Crippen molar-refractivity contribution in [3.8, 4) is 6.07 Å². The van der Waals surface area contributed by atoms with Crippen molar-refractivity contribution in [2.75, 3.05) is 13.1 Å². The molecule has 1 amide bonds. The van der Waals surface area contributed by atoms with Gasteiger partial charge in [0.1, 0.15) is 0 Å². The molecule has 0 aliphatic carbocycles. The zero-order chi connectivity index (χ0) is 15.2. The van der Waals surface area contributed by atoms with Crippen LogP contribution in [0.3, 0.4) is 0 Å². The van der Waals surface area contributed by atoms with Gasteiger partial charge in [-0.25, -0.2) is 0 Å². The van der Waals surface area contributed by atoms with Gasteiger partial charge in [0.2, 0.25) is 5.91 Å². The summed E-state index contributed by atoms with van der Waals surface area (Å²) in [5, 5.41) is 12.3. The number of nitriles is 1. The summed E-state index contributed by atoms with van der Waals surface area (Å²) < 4.78 is 0. The van der Waals surface area contributed by atoms with Gasteiger partial charge in [0, 0.05) is 18.6 Å². The van der Waals surface area contributed by atoms with Crippen molar-refractivity contribution in [3.63, 3.8) is 0 Å². The molecule has 0 heterocycles. The standard InChI is InChI=1S/C16H23N3O/c1-5-19(15(20)11-18-16(2,3)4)12-14-9-7-6-8-13(14)10-17/h6-9,18H,5,11-12H2,1-4H3. The number of benzene rings is 1. The molecule has 0 aromatic heterocycles. The maximum Gasteiger partial charge on any atom is 0.236 e. The van der Waals surface area contributed by atoms with Crippen LogP contribution < -0.4 is 5.32 Å². The van der Waals surface area contributed by atoms with Gasteiger partial charge in [-0.1, -0.05) is 18.2 Å². The molecule has 0 unspecified atom stereocenters. The van der Waals surface area contributed by atoms with E-state index in [1.165, 1.54) is 0 Å². The smallest absolute Gasteiger partial charge is 0.236 e. The van der Waals surface area contributed by atoms with Gasteiger partial charge in [0.25, 0.3) is 0 Å². The van der Waals surface area contributed by atoms with Crippen LogP contribution in [0.4, 0.5) is 0 Å². The van der Waals surface area contributed by atoms with Gasteiger partial charge in [0.05, 0.1) is 18.2 Å². The van der Waals surface area contributed by atoms with E-state index in [9.17, 15) is 4.79 Å². The number of hydrogen-bond acceptors (Lipinski definition) is 3. The maximum atomic E-state index is 12.2. The highest BCUT2D eigenvalue weighted by molar-refractivity contribution is 5.78. The first-order chi connectivity index (χ1) is 9.37. The van der Waals surface area contributed by atoms with Crippen LogP contribution in [0.5, 0.6) is 0 Å². The second-order valence-electron chi connectivity index (χ2n) is 5.78. The van der Waals surface area contributed by atoms with Gasteiger partial charge in [-0.3, -0.25) is 4.79 Å². The molecule has 1 aromatic rings. The van der Waals surface area contributed by atoms with E-state index in [2.05, 4.69) is 11.4 Å². The topological polar surface area (TPSA) is 56.1 Å². The van der Waals surface area contributed by atoms with E-state index in [-0.39, 0.29) is 11.4 Å². The van der Waals surface area contributed by atoms with Crippen molar-refractivity contribution < 1.29 is 4.79 Å². The highest BCUT2D eigenvalue weighted by Crippen LogP contribution is 2.11. The lowest BCUT2D eigenvalue weighted by molar-refractivity contribution is -0.130. The number of rotatable bonds is 5. The fourth-order valence-electron chi connectivity index (χ4n) is 1.80. The molecule has 0 aliphatic rings. The second kappa shape index (κ2) is 7.06. The van der Waals surface area contributed by atoms with Gasteiger partial charge < -0.3 is 10.2 Å². The van der Waals surface area contributed by atoms with Crippen molar-refractivity contribution in [2.45, 2.75) is 39.8 Å². The molecule has 0 aliphatic heterocycles. The van der Waals surface area contributed by atoms with Crippen molar-refractivity contribution in [3.05, 3.63) is 35.4 Å². The summed E-state index contributed by atoms with van der Waals surface area (Å²) in [7, 11) is 0. The summed E-state index contributed by atoms with van der Waals surface area (Å²) in [5.74, 6) is 0.0511. The van der Waals surface area contributed by atoms with E-state index in [1.807, 2.05) is 45.9 Å². The molecule has 20 heavy (non-hydrogen) atoms. The predicted molar refractivity (Wildman–Crippen MR) is 80.0 cm³/mol. The largest absolute Gasteiger partial charge is 0.337 e. The molecule has 0 bridgehead atoms. The zero-order valence-corrected chi connectivity index (χ0v) is 12.7. The molecular weight excluding hydrogens is 250 g/mol. The minimum absolute atomic E-state index is 0.0511. The molecular formula is C16H23N3O. The molecule has 1 rings (SSSR count). The fourth-order valence-corrected chi connectivity index (χ4v) is 1.80. The van der Waals surface area contributed by atoms with Gasteiger partial charge in [0.15, 0.2) is 0 Å². The summed E-state index contributed by atoms with van der Waals surface area (Å²) in [4.78, 5) is 14.0. The lowest BCUT2D eigenvalue weighted by Gasteiger charge is -2.25. The summed E-state index contributed by atoms with van der Waals surface area (Å²) >= 11 is 0. The fraction of sp³-hybridized carbons (Fsp3) is 0.500. The number of carbonyl (C=O) groups is 1. The molecule has 1 N–H and O–H groups in total. The first-order valence-electron chi connectivity index (χ1n) is 6.88. The summed E-state index contributed by atoms with van der Waals surface area (Å²) in [6.07, 6.45) is 0. The van der Waals surface area contributed by atoms with E-state index in [1.54, 1.807) is 11.0 Å². The third-order valence-corrected chi connectivity index (χ3v) is 3.00. The van der Waals surface area contributed by atoms with Crippen molar-refractivity contribution in [2.24, 2.45) is 0 Å². The Kier molecular flexibility index (Phi) is 5.72. The van der Waals surface area contributed by atoms with Gasteiger partial charge in [-0.15, -0.1) is 0 Å². The Morgan fingerprint density at radius 2 is 2.00 bits per heavy atom. The monoisotopic (exact) mass is 273 g/mol. The molecule has 0 radical (unpaired) electrons. The summed E-state index contributed by atoms with van der Waals surface area (Å²) in [6, 6.07) is 9.57. The van der Waals surface area contributed by atoms with Gasteiger partial charge >= 0.3 is 0 Å². The van der Waals surface area contributed by atoms with Crippen LogP contribution in [0.1, 0.15) is 38.8 Å². The summed E-state index contributed by atoms with van der Waals surface area (Å²) in [5.41, 5.74) is 1.43. The Labute approximate surface area is 121 Å². The van der Waals surface area contributed by atoms with Crippen molar-refractivity contribution in [1.29, 1.82) is 5.26 Å². The number of amides is 1. The van der Waals surface area contributed by atoms with E-state index >= 15 is 0 Å². The normalized spacial score (nSPS) is 10.9. The Hall–Kier alpha value is -1.86. The Balaban J connectivity index is 2.72. The Morgan fingerprint density at radius 1 is 1.35 bits per heavy atom. The number of carbonyl (C=O) groups excluding carboxylic acids is 1. The third kappa shape index (κ3) is 5.02. The molecule has 108 valence electrons. The molecule has 0 spiro atoms. The quantitative estimate of drug-likeness (QED) is 0.895. The lowest BCUT2D eigenvalue weighted by atomic mass is 10.1. The van der Waals surface area contributed by atoms with Crippen LogP contribution >= 0.6 is 0 Å². The summed E-state index contributed by atoms with van der Waals surface area (Å²) in [6.45, 7) is 9.45. The van der Waals surface area contributed by atoms with E-state index in [0.717, 1.165) is 5.56 Å². The number of likely N-dealkylation sites (N-methyl/N-ethyl adjacent to an activating group) is 1. The number of nitrogens with zero attached hydrogens (tertiary/aromatic N) is 2. The van der Waals surface area contributed by atoms with E-state index < -0.39 is 0 Å². The highest BCUT2D eigenvalue weighted by Gasteiger charge is 2.16. The number of hydrogen-bond donors (Lipinski definition) is 1. The molecule has 0 atom stereocenters. The van der Waals surface area contributed by atoms with E-state index in [4.69, 9.17) is 5.26 Å². The Morgan fingerprint density at radius 3 is 2.55 bits per heavy atom. The zero-order valence-electron chi connectivity index (χ0n) is 12.7. The first-order valence-corrected chi connectivity index (χ1v) is 6.88. The average molecular weight is 273 g/mol. The van der Waals surface area contributed by atoms with Crippen molar-refractivity contribution in [1.82, 2.24) is 10.2 Å². The minimum Gasteiger partial charge on any atom is -0.337 e. The molecule has 0 fully saturated rings. The molecule has 4 nitrogen and oxygen atoms in total. The van der Waals surface area contributed by atoms with Crippen molar-refractivity contribution >= 4 is 5.91 Å². The minimum atomic E-state index is -0.0837. The van der Waals surface area contributed by atoms with Crippen LogP contribution in [-0.2, 0) is 11.3 Å². The maximum absolute atomic E-state index is 12.2. The molecule has 1 aromatic carbocycles. The van der Waals surface area contributed by atoms with Gasteiger partial charge in [-0.05, 0) is 39.3 Å². The third-order valence-electron chi connectivity index (χ3n) is 3.00. The van der Waals surface area contributed by atoms with Crippen LogP contribution in [0.25, 0.3) is 0 Å².